The number of amides is 1. The predicted molar refractivity (Wildman–Crippen MR) is 99.3 cm³/mol. The molecule has 2 rings (SSSR count). The number of rotatable bonds is 5. The maximum atomic E-state index is 12.6. The summed E-state index contributed by atoms with van der Waals surface area (Å²) in [6.07, 6.45) is 1.23. The van der Waals surface area contributed by atoms with Gasteiger partial charge in [0.05, 0.1) is 12.1 Å². The van der Waals surface area contributed by atoms with E-state index >= 15 is 0 Å². The van der Waals surface area contributed by atoms with Crippen molar-refractivity contribution in [2.24, 2.45) is 4.99 Å². The van der Waals surface area contributed by atoms with Gasteiger partial charge >= 0.3 is 6.18 Å². The van der Waals surface area contributed by atoms with Crippen molar-refractivity contribution in [2.75, 3.05) is 20.6 Å². The average molecular weight is 384 g/mol. The third-order valence-electron chi connectivity index (χ3n) is 4.65. The molecule has 0 saturated heterocycles. The zero-order valence-corrected chi connectivity index (χ0v) is 15.8. The zero-order valence-electron chi connectivity index (χ0n) is 15.8. The van der Waals surface area contributed by atoms with Crippen molar-refractivity contribution in [1.82, 2.24) is 15.5 Å². The molecule has 1 aromatic carbocycles. The van der Waals surface area contributed by atoms with Crippen LogP contribution in [0.1, 0.15) is 43.2 Å². The minimum atomic E-state index is -4.34. The van der Waals surface area contributed by atoms with Crippen LogP contribution in [-0.2, 0) is 17.5 Å². The first-order valence-electron chi connectivity index (χ1n) is 9.17. The van der Waals surface area contributed by atoms with Crippen molar-refractivity contribution in [3.05, 3.63) is 35.4 Å². The van der Waals surface area contributed by atoms with Gasteiger partial charge in [0.1, 0.15) is 0 Å². The maximum absolute atomic E-state index is 12.6. The Morgan fingerprint density at radius 3 is 2.37 bits per heavy atom. The minimum Gasteiger partial charge on any atom is -0.352 e. The smallest absolute Gasteiger partial charge is 0.352 e. The van der Waals surface area contributed by atoms with Gasteiger partial charge < -0.3 is 15.5 Å². The summed E-state index contributed by atoms with van der Waals surface area (Å²) >= 11 is 0. The van der Waals surface area contributed by atoms with E-state index in [1.165, 1.54) is 18.6 Å². The van der Waals surface area contributed by atoms with Crippen molar-refractivity contribution in [1.29, 1.82) is 0 Å². The number of carbonyl (C=O) groups excluding carboxylic acids is 1. The lowest BCUT2D eigenvalue weighted by Crippen LogP contribution is -2.46. The van der Waals surface area contributed by atoms with Gasteiger partial charge in [0.25, 0.3) is 0 Å². The van der Waals surface area contributed by atoms with E-state index in [4.69, 9.17) is 0 Å². The van der Waals surface area contributed by atoms with Crippen LogP contribution in [0.2, 0.25) is 0 Å². The Morgan fingerprint density at radius 2 is 1.81 bits per heavy atom. The summed E-state index contributed by atoms with van der Waals surface area (Å²) in [7, 11) is 3.37. The number of halogens is 3. The molecule has 0 spiro atoms. The quantitative estimate of drug-likeness (QED) is 0.606. The van der Waals surface area contributed by atoms with Gasteiger partial charge in [-0.15, -0.1) is 0 Å². The molecule has 1 aliphatic carbocycles. The normalized spacial score (nSPS) is 16.1. The molecule has 8 heteroatoms. The highest BCUT2D eigenvalue weighted by molar-refractivity contribution is 5.86. The largest absolute Gasteiger partial charge is 0.416 e. The molecule has 1 amide bonds. The van der Waals surface area contributed by atoms with Crippen LogP contribution >= 0.6 is 0 Å². The Balaban J connectivity index is 1.82. The molecular weight excluding hydrogens is 357 g/mol. The Bertz CT molecular complexity index is 637. The van der Waals surface area contributed by atoms with Gasteiger partial charge in [0.2, 0.25) is 5.91 Å². The lowest BCUT2D eigenvalue weighted by Gasteiger charge is -2.24. The van der Waals surface area contributed by atoms with Crippen LogP contribution in [0.15, 0.2) is 29.3 Å². The molecule has 0 heterocycles. The van der Waals surface area contributed by atoms with Crippen LogP contribution in [0.3, 0.4) is 0 Å². The van der Waals surface area contributed by atoms with E-state index in [-0.39, 0.29) is 18.5 Å². The molecule has 150 valence electrons. The highest BCUT2D eigenvalue weighted by Gasteiger charge is 2.30. The van der Waals surface area contributed by atoms with Crippen molar-refractivity contribution in [3.63, 3.8) is 0 Å². The second-order valence-corrected chi connectivity index (χ2v) is 6.85. The molecule has 0 aliphatic heterocycles. The molecule has 0 atom stereocenters. The summed E-state index contributed by atoms with van der Waals surface area (Å²) < 4.78 is 37.9. The fourth-order valence-electron chi connectivity index (χ4n) is 3.22. The molecule has 1 aliphatic rings. The number of alkyl halides is 3. The summed E-state index contributed by atoms with van der Waals surface area (Å²) in [5.41, 5.74) is 0.0518. The van der Waals surface area contributed by atoms with Crippen molar-refractivity contribution in [2.45, 2.75) is 50.9 Å². The second-order valence-electron chi connectivity index (χ2n) is 6.85. The summed E-state index contributed by atoms with van der Waals surface area (Å²) in [5, 5.41) is 6.02. The van der Waals surface area contributed by atoms with Crippen LogP contribution in [-0.4, -0.2) is 43.4 Å². The highest BCUT2D eigenvalue weighted by atomic mass is 19.4. The molecule has 0 bridgehead atoms. The lowest BCUT2D eigenvalue weighted by atomic mass is 9.95. The highest BCUT2D eigenvalue weighted by Crippen LogP contribution is 2.29. The van der Waals surface area contributed by atoms with Gasteiger partial charge in [-0.3, -0.25) is 9.79 Å². The van der Waals surface area contributed by atoms with Crippen LogP contribution in [0.5, 0.6) is 0 Å². The van der Waals surface area contributed by atoms with Gasteiger partial charge in [-0.25, -0.2) is 0 Å². The van der Waals surface area contributed by atoms with Crippen molar-refractivity contribution >= 4 is 11.9 Å². The van der Waals surface area contributed by atoms with Gasteiger partial charge in [0.15, 0.2) is 5.96 Å². The Kier molecular flexibility index (Phi) is 7.50. The standard InChI is InChI=1S/C19H27F3N4O/c1-23-18(24-12-17(27)25-16-6-4-3-5-7-16)26(2)13-14-8-10-15(11-9-14)19(20,21)22/h8-11,16H,3-7,12-13H2,1-2H3,(H,23,24)(H,25,27). The topological polar surface area (TPSA) is 56.7 Å². The first-order valence-corrected chi connectivity index (χ1v) is 9.17. The molecule has 1 fully saturated rings. The van der Waals surface area contributed by atoms with Crippen LogP contribution in [0.4, 0.5) is 13.2 Å². The number of hydrogen-bond donors (Lipinski definition) is 2. The van der Waals surface area contributed by atoms with E-state index in [1.54, 1.807) is 19.0 Å². The molecule has 5 nitrogen and oxygen atoms in total. The number of benzene rings is 1. The summed E-state index contributed by atoms with van der Waals surface area (Å²) in [6.45, 7) is 0.489. The number of aliphatic imine (C=N–C) groups is 1. The summed E-state index contributed by atoms with van der Waals surface area (Å²) in [4.78, 5) is 18.0. The predicted octanol–water partition coefficient (Wildman–Crippen LogP) is 3.16. The lowest BCUT2D eigenvalue weighted by molar-refractivity contribution is -0.137. The first-order chi connectivity index (χ1) is 12.8. The SMILES string of the molecule is CN=C(NCC(=O)NC1CCCCC1)N(C)Cc1ccc(C(F)(F)F)cc1. The van der Waals surface area contributed by atoms with E-state index in [1.807, 2.05) is 0 Å². The number of carbonyl (C=O) groups is 1. The molecule has 2 N–H and O–H groups in total. The third kappa shape index (κ3) is 6.77. The number of guanidine groups is 1. The second kappa shape index (κ2) is 9.62. The number of hydrogen-bond acceptors (Lipinski definition) is 2. The molecule has 1 aromatic rings. The van der Waals surface area contributed by atoms with Gasteiger partial charge in [-0.1, -0.05) is 31.4 Å². The van der Waals surface area contributed by atoms with E-state index < -0.39 is 11.7 Å². The minimum absolute atomic E-state index is 0.0778. The summed E-state index contributed by atoms with van der Waals surface area (Å²) in [5.74, 6) is 0.430. The fraction of sp³-hybridized carbons (Fsp3) is 0.579. The fourth-order valence-corrected chi connectivity index (χ4v) is 3.22. The zero-order chi connectivity index (χ0) is 19.9. The van der Waals surface area contributed by atoms with E-state index in [0.717, 1.165) is 43.4 Å². The van der Waals surface area contributed by atoms with Crippen LogP contribution < -0.4 is 10.6 Å². The van der Waals surface area contributed by atoms with Gasteiger partial charge in [-0.2, -0.15) is 13.2 Å². The Labute approximate surface area is 158 Å². The van der Waals surface area contributed by atoms with Crippen molar-refractivity contribution in [3.8, 4) is 0 Å². The van der Waals surface area contributed by atoms with Crippen molar-refractivity contribution < 1.29 is 18.0 Å². The van der Waals surface area contributed by atoms with Crippen LogP contribution in [0, 0.1) is 0 Å². The third-order valence-corrected chi connectivity index (χ3v) is 4.65. The van der Waals surface area contributed by atoms with Gasteiger partial charge in [0, 0.05) is 26.7 Å². The molecule has 0 radical (unpaired) electrons. The van der Waals surface area contributed by atoms with E-state index in [0.29, 0.717) is 12.5 Å². The molecular formula is C19H27F3N4O. The van der Waals surface area contributed by atoms with Crippen LogP contribution in [0.25, 0.3) is 0 Å². The molecule has 0 aromatic heterocycles. The Hall–Kier alpha value is -2.25. The maximum Gasteiger partial charge on any atom is 0.416 e. The molecule has 27 heavy (non-hydrogen) atoms. The number of nitrogens with one attached hydrogen (secondary N) is 2. The molecule has 1 saturated carbocycles. The number of nitrogens with zero attached hydrogens (tertiary/aromatic N) is 2. The average Bonchev–Trinajstić information content (AvgIpc) is 2.62. The Morgan fingerprint density at radius 1 is 1.19 bits per heavy atom. The monoisotopic (exact) mass is 384 g/mol. The molecule has 0 unspecified atom stereocenters. The van der Waals surface area contributed by atoms with E-state index in [9.17, 15) is 18.0 Å². The van der Waals surface area contributed by atoms with Gasteiger partial charge in [-0.05, 0) is 30.5 Å². The first kappa shape index (κ1) is 21.1. The van der Waals surface area contributed by atoms with E-state index in [2.05, 4.69) is 15.6 Å². The summed E-state index contributed by atoms with van der Waals surface area (Å²) in [6, 6.07) is 5.28.